The van der Waals surface area contributed by atoms with Crippen LogP contribution in [0.4, 0.5) is 24.8 Å². The number of pyridine rings is 1. The molecule has 2 aromatic carbocycles. The van der Waals surface area contributed by atoms with Gasteiger partial charge in [-0.05, 0) is 54.4 Å². The number of benzene rings is 2. The molecule has 0 radical (unpaired) electrons. The van der Waals surface area contributed by atoms with Crippen LogP contribution in [0.3, 0.4) is 0 Å². The first-order chi connectivity index (χ1) is 16.7. The zero-order valence-electron chi connectivity index (χ0n) is 19.1. The quantitative estimate of drug-likeness (QED) is 0.447. The number of ether oxygens (including phenoxy) is 1. The molecule has 7 nitrogen and oxygen atoms in total. The summed E-state index contributed by atoms with van der Waals surface area (Å²) in [6.07, 6.45) is 2.92. The Morgan fingerprint density at radius 2 is 1.74 bits per heavy atom. The van der Waals surface area contributed by atoms with E-state index in [2.05, 4.69) is 10.3 Å². The van der Waals surface area contributed by atoms with E-state index >= 15 is 0 Å². The van der Waals surface area contributed by atoms with Gasteiger partial charge in [0.2, 0.25) is 11.7 Å². The molecule has 0 spiro atoms. The van der Waals surface area contributed by atoms with E-state index < -0.39 is 23.0 Å². The molecular weight excluding hydrogens is 461 g/mol. The second kappa shape index (κ2) is 9.49. The first kappa shape index (κ1) is 23.8. The van der Waals surface area contributed by atoms with Gasteiger partial charge in [-0.15, -0.1) is 0 Å². The minimum Gasteiger partial charge on any atom is -0.490 e. The lowest BCUT2D eigenvalue weighted by Gasteiger charge is -2.17. The van der Waals surface area contributed by atoms with Crippen LogP contribution in [0.1, 0.15) is 11.1 Å². The monoisotopic (exact) mass is 482 g/mol. The fourth-order valence-electron chi connectivity index (χ4n) is 3.67. The molecule has 4 aromatic rings. The lowest BCUT2D eigenvalue weighted by Crippen LogP contribution is -2.19. The number of anilines is 2. The number of halogens is 3. The standard InChI is InChI=1S/C25H21F3N4O3/c1-14-7-20(28)19(18-5-4-6-31(2)24(18)34)11-21(14)29-25-30-23(33)22(35-3)13-32(25)12-15-8-16(26)10-17(27)9-15/h4-11,13H,12H2,1-3H3,(H,29,30,33). The second-order valence-corrected chi connectivity index (χ2v) is 7.95. The summed E-state index contributed by atoms with van der Waals surface area (Å²) in [4.78, 5) is 28.9. The molecule has 0 unspecified atom stereocenters. The van der Waals surface area contributed by atoms with E-state index in [1.165, 1.54) is 40.6 Å². The summed E-state index contributed by atoms with van der Waals surface area (Å²) in [5, 5.41) is 2.99. The van der Waals surface area contributed by atoms with Crippen molar-refractivity contribution in [3.8, 4) is 16.9 Å². The van der Waals surface area contributed by atoms with Crippen molar-refractivity contribution in [2.24, 2.45) is 7.05 Å². The van der Waals surface area contributed by atoms with Crippen LogP contribution in [0.5, 0.6) is 5.75 Å². The lowest BCUT2D eigenvalue weighted by atomic mass is 10.0. The third-order valence-electron chi connectivity index (χ3n) is 5.43. The van der Waals surface area contributed by atoms with Gasteiger partial charge in [-0.2, -0.15) is 4.98 Å². The highest BCUT2D eigenvalue weighted by atomic mass is 19.1. The average Bonchev–Trinajstić information content (AvgIpc) is 2.78. The molecule has 0 atom stereocenters. The average molecular weight is 482 g/mol. The van der Waals surface area contributed by atoms with Crippen molar-refractivity contribution < 1.29 is 17.9 Å². The van der Waals surface area contributed by atoms with Gasteiger partial charge in [-0.3, -0.25) is 9.59 Å². The van der Waals surface area contributed by atoms with Crippen LogP contribution in [0.15, 0.2) is 64.4 Å². The van der Waals surface area contributed by atoms with Gasteiger partial charge in [0.15, 0.2) is 0 Å². The number of methoxy groups -OCH3 is 1. The molecule has 4 rings (SSSR count). The van der Waals surface area contributed by atoms with Crippen molar-refractivity contribution in [1.82, 2.24) is 14.1 Å². The second-order valence-electron chi connectivity index (χ2n) is 7.95. The first-order valence-corrected chi connectivity index (χ1v) is 10.5. The van der Waals surface area contributed by atoms with Crippen molar-refractivity contribution in [3.63, 3.8) is 0 Å². The summed E-state index contributed by atoms with van der Waals surface area (Å²) in [6.45, 7) is 1.60. The van der Waals surface area contributed by atoms with Crippen molar-refractivity contribution in [3.05, 3.63) is 104 Å². The number of nitrogens with one attached hydrogen (secondary N) is 1. The molecule has 10 heteroatoms. The van der Waals surface area contributed by atoms with Gasteiger partial charge in [0.1, 0.15) is 17.5 Å². The predicted molar refractivity (Wildman–Crippen MR) is 126 cm³/mol. The molecule has 0 saturated heterocycles. The number of aromatic nitrogens is 3. The number of aryl methyl sites for hydroxylation is 2. The van der Waals surface area contributed by atoms with E-state index in [9.17, 15) is 22.8 Å². The van der Waals surface area contributed by atoms with E-state index in [1.54, 1.807) is 26.2 Å². The maximum Gasteiger partial charge on any atom is 0.316 e. The largest absolute Gasteiger partial charge is 0.490 e. The highest BCUT2D eigenvalue weighted by Gasteiger charge is 2.16. The summed E-state index contributed by atoms with van der Waals surface area (Å²) in [5.41, 5.74) is 0.306. The molecule has 0 fully saturated rings. The highest BCUT2D eigenvalue weighted by molar-refractivity contribution is 5.72. The normalized spacial score (nSPS) is 10.9. The highest BCUT2D eigenvalue weighted by Crippen LogP contribution is 2.29. The number of hydrogen-bond donors (Lipinski definition) is 1. The fraction of sp³-hybridized carbons (Fsp3) is 0.160. The number of hydrogen-bond acceptors (Lipinski definition) is 5. The topological polar surface area (TPSA) is 78.2 Å². The lowest BCUT2D eigenvalue weighted by molar-refractivity contribution is 0.402. The molecule has 0 bridgehead atoms. The maximum atomic E-state index is 14.8. The summed E-state index contributed by atoms with van der Waals surface area (Å²) < 4.78 is 50.1. The molecule has 0 amide bonds. The van der Waals surface area contributed by atoms with Crippen LogP contribution >= 0.6 is 0 Å². The first-order valence-electron chi connectivity index (χ1n) is 10.5. The Kier molecular flexibility index (Phi) is 6.46. The Hall–Kier alpha value is -4.34. The van der Waals surface area contributed by atoms with Gasteiger partial charge in [-0.25, -0.2) is 13.2 Å². The molecule has 0 aliphatic carbocycles. The molecular formula is C25H21F3N4O3. The molecule has 35 heavy (non-hydrogen) atoms. The van der Waals surface area contributed by atoms with Gasteiger partial charge < -0.3 is 19.2 Å². The van der Waals surface area contributed by atoms with Gasteiger partial charge in [0, 0.05) is 30.6 Å². The van der Waals surface area contributed by atoms with Gasteiger partial charge in [0.25, 0.3) is 5.56 Å². The Balaban J connectivity index is 1.81. The summed E-state index contributed by atoms with van der Waals surface area (Å²) >= 11 is 0. The van der Waals surface area contributed by atoms with Crippen molar-refractivity contribution in [1.29, 1.82) is 0 Å². The van der Waals surface area contributed by atoms with Crippen molar-refractivity contribution in [2.75, 3.05) is 12.4 Å². The predicted octanol–water partition coefficient (Wildman–Crippen LogP) is 4.14. The molecule has 0 aliphatic heterocycles. The third kappa shape index (κ3) is 4.96. The molecule has 0 aliphatic rings. The smallest absolute Gasteiger partial charge is 0.316 e. The van der Waals surface area contributed by atoms with E-state index in [4.69, 9.17) is 4.74 Å². The van der Waals surface area contributed by atoms with Crippen LogP contribution in [-0.2, 0) is 13.6 Å². The zero-order chi connectivity index (χ0) is 25.3. The zero-order valence-corrected chi connectivity index (χ0v) is 19.1. The summed E-state index contributed by atoms with van der Waals surface area (Å²) in [5.74, 6) is -2.14. The van der Waals surface area contributed by atoms with Gasteiger partial charge in [0.05, 0.1) is 25.4 Å². The van der Waals surface area contributed by atoms with E-state index in [1.807, 2.05) is 0 Å². The molecule has 2 heterocycles. The van der Waals surface area contributed by atoms with E-state index in [-0.39, 0.29) is 40.5 Å². The summed E-state index contributed by atoms with van der Waals surface area (Å²) in [6, 6.07) is 8.92. The van der Waals surface area contributed by atoms with Crippen LogP contribution in [0.25, 0.3) is 11.1 Å². The van der Waals surface area contributed by atoms with Gasteiger partial charge >= 0.3 is 5.56 Å². The van der Waals surface area contributed by atoms with Crippen molar-refractivity contribution in [2.45, 2.75) is 13.5 Å². The molecule has 2 aromatic heterocycles. The Morgan fingerprint density at radius 3 is 2.43 bits per heavy atom. The SMILES string of the molecule is COc1cn(Cc2cc(F)cc(F)c2)c(Nc2cc(-c3cccn(C)c3=O)c(F)cc2C)nc1=O. The van der Waals surface area contributed by atoms with Crippen LogP contribution < -0.4 is 21.2 Å². The number of nitrogens with zero attached hydrogens (tertiary/aromatic N) is 3. The Bertz CT molecular complexity index is 1530. The third-order valence-corrected chi connectivity index (χ3v) is 5.43. The van der Waals surface area contributed by atoms with Crippen LogP contribution in [0, 0.1) is 24.4 Å². The van der Waals surface area contributed by atoms with Crippen LogP contribution in [-0.4, -0.2) is 21.2 Å². The van der Waals surface area contributed by atoms with Gasteiger partial charge in [-0.1, -0.05) is 0 Å². The molecule has 180 valence electrons. The fourth-order valence-corrected chi connectivity index (χ4v) is 3.67. The Morgan fingerprint density at radius 1 is 1.03 bits per heavy atom. The van der Waals surface area contributed by atoms with Crippen molar-refractivity contribution >= 4 is 11.6 Å². The van der Waals surface area contributed by atoms with E-state index in [0.29, 0.717) is 11.3 Å². The minimum atomic E-state index is -0.751. The maximum absolute atomic E-state index is 14.8. The van der Waals surface area contributed by atoms with E-state index in [0.717, 1.165) is 18.2 Å². The summed E-state index contributed by atoms with van der Waals surface area (Å²) in [7, 11) is 2.86. The Labute approximate surface area is 198 Å². The minimum absolute atomic E-state index is 0.0297. The molecule has 0 saturated carbocycles. The van der Waals surface area contributed by atoms with Crippen LogP contribution in [0.2, 0.25) is 0 Å². The number of rotatable bonds is 6. The molecule has 1 N–H and O–H groups in total.